The molecule has 3 rings (SSSR count). The maximum Gasteiger partial charge on any atom is 0.417 e. The first-order valence-corrected chi connectivity index (χ1v) is 10.2. The fourth-order valence-electron chi connectivity index (χ4n) is 2.68. The Morgan fingerprint density at radius 2 is 1.83 bits per heavy atom. The maximum atomic E-state index is 13.4. The molecule has 0 fully saturated rings. The zero-order valence-electron chi connectivity index (χ0n) is 14.7. The van der Waals surface area contributed by atoms with E-state index in [1.807, 2.05) is 0 Å². The number of benzene rings is 2. The highest BCUT2D eigenvalue weighted by atomic mass is 79.9. The van der Waals surface area contributed by atoms with Crippen molar-refractivity contribution < 1.29 is 26.3 Å². The molecule has 0 aliphatic heterocycles. The molecule has 13 heteroatoms. The van der Waals surface area contributed by atoms with Gasteiger partial charge in [0, 0.05) is 4.47 Å². The SMILES string of the molecule is COc1ccc(Cn2nnnc2-c2c(Br)ccc(C(F)(F)F)c2S(N)(=O)=O)cc1. The van der Waals surface area contributed by atoms with Crippen LogP contribution in [0, 0.1) is 0 Å². The lowest BCUT2D eigenvalue weighted by Gasteiger charge is -2.16. The van der Waals surface area contributed by atoms with Gasteiger partial charge < -0.3 is 4.74 Å². The van der Waals surface area contributed by atoms with Crippen LogP contribution in [-0.2, 0) is 22.7 Å². The molecule has 0 aliphatic carbocycles. The minimum absolute atomic E-state index is 0.0419. The summed E-state index contributed by atoms with van der Waals surface area (Å²) in [5.74, 6) is 0.422. The number of rotatable bonds is 5. The van der Waals surface area contributed by atoms with E-state index in [4.69, 9.17) is 9.88 Å². The molecule has 154 valence electrons. The standard InChI is InChI=1S/C16H13BrF3N5O3S/c1-28-10-4-2-9(3-5-10)8-25-15(22-23-24-25)13-12(17)7-6-11(16(18,19)20)14(13)29(21,26)27/h2-7H,8H2,1H3,(H2,21,26,27). The van der Waals surface area contributed by atoms with Gasteiger partial charge in [0.25, 0.3) is 0 Å². The molecule has 0 spiro atoms. The summed E-state index contributed by atoms with van der Waals surface area (Å²) in [7, 11) is -3.26. The highest BCUT2D eigenvalue weighted by Gasteiger charge is 2.39. The second-order valence-electron chi connectivity index (χ2n) is 5.85. The van der Waals surface area contributed by atoms with E-state index in [9.17, 15) is 21.6 Å². The number of hydrogen-bond donors (Lipinski definition) is 1. The molecule has 0 bridgehead atoms. The summed E-state index contributed by atoms with van der Waals surface area (Å²) in [6.07, 6.45) is -4.95. The Morgan fingerprint density at radius 1 is 1.17 bits per heavy atom. The Balaban J connectivity index is 2.18. The van der Waals surface area contributed by atoms with E-state index >= 15 is 0 Å². The lowest BCUT2D eigenvalue weighted by atomic mass is 10.1. The number of alkyl halides is 3. The summed E-state index contributed by atoms with van der Waals surface area (Å²) in [5.41, 5.74) is -1.07. The molecule has 29 heavy (non-hydrogen) atoms. The van der Waals surface area contributed by atoms with Crippen molar-refractivity contribution in [3.05, 3.63) is 52.0 Å². The molecule has 0 radical (unpaired) electrons. The van der Waals surface area contributed by atoms with Gasteiger partial charge >= 0.3 is 6.18 Å². The molecule has 3 aromatic rings. The molecule has 0 saturated heterocycles. The van der Waals surface area contributed by atoms with E-state index in [0.717, 1.165) is 6.07 Å². The van der Waals surface area contributed by atoms with Gasteiger partial charge in [-0.3, -0.25) is 0 Å². The molecule has 0 saturated carbocycles. The van der Waals surface area contributed by atoms with Gasteiger partial charge in [0.15, 0.2) is 5.82 Å². The third-order valence-electron chi connectivity index (χ3n) is 3.94. The molecule has 0 amide bonds. The minimum atomic E-state index is -4.95. The Kier molecular flexibility index (Phi) is 5.65. The molecule has 2 aromatic carbocycles. The summed E-state index contributed by atoms with van der Waals surface area (Å²) in [4.78, 5) is -1.11. The highest BCUT2D eigenvalue weighted by Crippen LogP contribution is 2.41. The van der Waals surface area contributed by atoms with Crippen LogP contribution in [0.25, 0.3) is 11.4 Å². The van der Waals surface area contributed by atoms with E-state index < -0.39 is 26.7 Å². The Bertz CT molecular complexity index is 1150. The largest absolute Gasteiger partial charge is 0.497 e. The highest BCUT2D eigenvalue weighted by molar-refractivity contribution is 9.10. The van der Waals surface area contributed by atoms with Crippen molar-refractivity contribution in [1.29, 1.82) is 0 Å². The van der Waals surface area contributed by atoms with Crippen molar-refractivity contribution in [3.8, 4) is 17.1 Å². The summed E-state index contributed by atoms with van der Waals surface area (Å²) in [6.45, 7) is 0.0685. The van der Waals surface area contributed by atoms with E-state index in [1.165, 1.54) is 11.8 Å². The smallest absolute Gasteiger partial charge is 0.417 e. The molecule has 1 aromatic heterocycles. The third-order valence-corrected chi connectivity index (χ3v) is 5.60. The predicted octanol–water partition coefficient (Wildman–Crippen LogP) is 2.83. The van der Waals surface area contributed by atoms with Crippen LogP contribution in [0.1, 0.15) is 11.1 Å². The average molecular weight is 492 g/mol. The number of methoxy groups -OCH3 is 1. The van der Waals surface area contributed by atoms with Crippen LogP contribution in [0.5, 0.6) is 5.75 Å². The zero-order chi connectivity index (χ0) is 21.4. The average Bonchev–Trinajstić information content (AvgIpc) is 3.08. The van der Waals surface area contributed by atoms with Gasteiger partial charge in [0.05, 0.1) is 24.8 Å². The van der Waals surface area contributed by atoms with Gasteiger partial charge in [-0.25, -0.2) is 18.2 Å². The molecule has 2 N–H and O–H groups in total. The van der Waals surface area contributed by atoms with Crippen LogP contribution < -0.4 is 9.88 Å². The van der Waals surface area contributed by atoms with Crippen molar-refractivity contribution in [2.24, 2.45) is 5.14 Å². The van der Waals surface area contributed by atoms with Crippen molar-refractivity contribution >= 4 is 26.0 Å². The Hall–Kier alpha value is -2.51. The third kappa shape index (κ3) is 4.41. The minimum Gasteiger partial charge on any atom is -0.497 e. The maximum absolute atomic E-state index is 13.4. The van der Waals surface area contributed by atoms with Crippen LogP contribution in [0.3, 0.4) is 0 Å². The van der Waals surface area contributed by atoms with Crippen molar-refractivity contribution in [2.45, 2.75) is 17.6 Å². The molecule has 8 nitrogen and oxygen atoms in total. The molecule has 1 heterocycles. The predicted molar refractivity (Wildman–Crippen MR) is 99.4 cm³/mol. The van der Waals surface area contributed by atoms with Crippen molar-refractivity contribution in [2.75, 3.05) is 7.11 Å². The fourth-order valence-corrected chi connectivity index (χ4v) is 4.29. The number of hydrogen-bond acceptors (Lipinski definition) is 6. The van der Waals surface area contributed by atoms with Crippen LogP contribution in [0.15, 0.2) is 45.8 Å². The topological polar surface area (TPSA) is 113 Å². The Labute approximate surface area is 171 Å². The molecule has 0 unspecified atom stereocenters. The number of nitrogens with zero attached hydrogens (tertiary/aromatic N) is 4. The lowest BCUT2D eigenvalue weighted by molar-refractivity contribution is -0.139. The second-order valence-corrected chi connectivity index (χ2v) is 8.20. The number of aromatic nitrogens is 4. The number of sulfonamides is 1. The number of ether oxygens (including phenoxy) is 1. The summed E-state index contributed by atoms with van der Waals surface area (Å²) >= 11 is 3.09. The number of tetrazole rings is 1. The number of primary sulfonamides is 1. The van der Waals surface area contributed by atoms with Crippen LogP contribution >= 0.6 is 15.9 Å². The normalized spacial score (nSPS) is 12.2. The van der Waals surface area contributed by atoms with Crippen LogP contribution in [0.4, 0.5) is 13.2 Å². The van der Waals surface area contributed by atoms with Gasteiger partial charge in [-0.2, -0.15) is 13.2 Å². The number of nitrogens with two attached hydrogens (primary N) is 1. The second kappa shape index (κ2) is 7.72. The first-order chi connectivity index (χ1) is 13.5. The molecular weight excluding hydrogens is 479 g/mol. The molecular formula is C16H13BrF3N5O3S. The summed E-state index contributed by atoms with van der Waals surface area (Å²) in [5, 5.41) is 16.1. The number of halogens is 4. The van der Waals surface area contributed by atoms with E-state index in [2.05, 4.69) is 31.5 Å². The van der Waals surface area contributed by atoms with Gasteiger partial charge in [-0.15, -0.1) is 5.10 Å². The Morgan fingerprint density at radius 3 is 2.38 bits per heavy atom. The first-order valence-electron chi connectivity index (χ1n) is 7.84. The van der Waals surface area contributed by atoms with E-state index in [1.54, 1.807) is 24.3 Å². The van der Waals surface area contributed by atoms with Gasteiger partial charge in [0.2, 0.25) is 10.0 Å². The van der Waals surface area contributed by atoms with E-state index in [-0.39, 0.29) is 22.4 Å². The zero-order valence-corrected chi connectivity index (χ0v) is 17.1. The van der Waals surface area contributed by atoms with Crippen molar-refractivity contribution in [3.63, 3.8) is 0 Å². The van der Waals surface area contributed by atoms with Gasteiger partial charge in [-0.1, -0.05) is 12.1 Å². The van der Waals surface area contributed by atoms with Crippen LogP contribution in [-0.4, -0.2) is 35.7 Å². The van der Waals surface area contributed by atoms with E-state index in [0.29, 0.717) is 17.4 Å². The molecule has 0 aliphatic rings. The molecule has 0 atom stereocenters. The summed E-state index contributed by atoms with van der Waals surface area (Å²) < 4.78 is 70.8. The van der Waals surface area contributed by atoms with Gasteiger partial charge in [-0.05, 0) is 56.2 Å². The monoisotopic (exact) mass is 491 g/mol. The quantitative estimate of drug-likeness (QED) is 0.586. The summed E-state index contributed by atoms with van der Waals surface area (Å²) in [6, 6.07) is 8.51. The lowest BCUT2D eigenvalue weighted by Crippen LogP contribution is -2.21. The van der Waals surface area contributed by atoms with Crippen LogP contribution in [0.2, 0.25) is 0 Å². The van der Waals surface area contributed by atoms with Gasteiger partial charge in [0.1, 0.15) is 10.6 Å². The first kappa shape index (κ1) is 21.2. The fraction of sp³-hybridized carbons (Fsp3) is 0.188. The van der Waals surface area contributed by atoms with Crippen molar-refractivity contribution in [1.82, 2.24) is 20.2 Å².